The summed E-state index contributed by atoms with van der Waals surface area (Å²) in [4.78, 5) is 11.1. The number of rotatable bonds is 2. The molecule has 1 saturated carbocycles. The highest BCUT2D eigenvalue weighted by molar-refractivity contribution is 5.79. The smallest absolute Gasteiger partial charge is 0.132 e. The van der Waals surface area contributed by atoms with Gasteiger partial charge in [-0.05, 0) is 30.4 Å². The molecule has 0 spiro atoms. The molecule has 1 aromatic rings. The molecule has 0 amide bonds. The Morgan fingerprint density at radius 1 is 1.31 bits per heavy atom. The van der Waals surface area contributed by atoms with E-state index in [0.717, 1.165) is 18.4 Å². The van der Waals surface area contributed by atoms with Gasteiger partial charge in [-0.2, -0.15) is 0 Å². The van der Waals surface area contributed by atoms with Crippen molar-refractivity contribution in [1.29, 1.82) is 0 Å². The average molecular weight is 220 g/mol. The van der Waals surface area contributed by atoms with Crippen LogP contribution in [0.2, 0.25) is 0 Å². The zero-order valence-electron chi connectivity index (χ0n) is 9.40. The van der Waals surface area contributed by atoms with Crippen LogP contribution < -0.4 is 4.74 Å². The molecule has 1 aliphatic carbocycles. The Bertz CT molecular complexity index is 388. The number of ketones is 1. The summed E-state index contributed by atoms with van der Waals surface area (Å²) in [7, 11) is 1.58. The first-order valence-corrected chi connectivity index (χ1v) is 5.59. The Labute approximate surface area is 95.0 Å². The third kappa shape index (κ3) is 2.18. The van der Waals surface area contributed by atoms with Crippen LogP contribution in [0.15, 0.2) is 18.2 Å². The Hall–Kier alpha value is -1.51. The molecule has 1 N–H and O–H groups in total. The number of ether oxygens (including phenoxy) is 1. The van der Waals surface area contributed by atoms with Crippen LogP contribution in [0.3, 0.4) is 0 Å². The molecule has 0 aliphatic heterocycles. The van der Waals surface area contributed by atoms with Crippen LogP contribution in [0.1, 0.15) is 37.2 Å². The average Bonchev–Trinajstić information content (AvgIpc) is 2.30. The molecule has 0 bridgehead atoms. The zero-order valence-corrected chi connectivity index (χ0v) is 9.40. The van der Waals surface area contributed by atoms with E-state index in [1.54, 1.807) is 13.2 Å². The number of phenolic OH excluding ortho intramolecular Hbond substituents is 1. The van der Waals surface area contributed by atoms with E-state index in [9.17, 15) is 9.90 Å². The van der Waals surface area contributed by atoms with Gasteiger partial charge in [-0.15, -0.1) is 0 Å². The molecule has 0 radical (unpaired) electrons. The zero-order chi connectivity index (χ0) is 11.5. The second-order valence-corrected chi connectivity index (χ2v) is 4.24. The highest BCUT2D eigenvalue weighted by atomic mass is 16.5. The van der Waals surface area contributed by atoms with E-state index >= 15 is 0 Å². The number of aromatic hydroxyl groups is 1. The number of hydrogen-bond acceptors (Lipinski definition) is 3. The largest absolute Gasteiger partial charge is 0.508 e. The minimum atomic E-state index is 0.277. The van der Waals surface area contributed by atoms with E-state index in [1.165, 1.54) is 0 Å². The predicted octanol–water partition coefficient (Wildman–Crippen LogP) is 2.63. The van der Waals surface area contributed by atoms with Crippen LogP contribution in [0, 0.1) is 0 Å². The Morgan fingerprint density at radius 3 is 2.56 bits per heavy atom. The maximum atomic E-state index is 11.1. The number of carbonyl (C=O) groups excluding carboxylic acids is 1. The van der Waals surface area contributed by atoms with Gasteiger partial charge in [0.15, 0.2) is 0 Å². The van der Waals surface area contributed by atoms with Crippen molar-refractivity contribution in [2.45, 2.75) is 31.6 Å². The fourth-order valence-corrected chi connectivity index (χ4v) is 2.25. The van der Waals surface area contributed by atoms with E-state index in [2.05, 4.69) is 0 Å². The van der Waals surface area contributed by atoms with Gasteiger partial charge in [0.2, 0.25) is 0 Å². The van der Waals surface area contributed by atoms with Gasteiger partial charge in [0.1, 0.15) is 17.3 Å². The molecular weight excluding hydrogens is 204 g/mol. The van der Waals surface area contributed by atoms with Crippen molar-refractivity contribution in [2.75, 3.05) is 7.11 Å². The number of hydrogen-bond donors (Lipinski definition) is 1. The fourth-order valence-electron chi connectivity index (χ4n) is 2.25. The van der Waals surface area contributed by atoms with Crippen LogP contribution in [0.25, 0.3) is 0 Å². The quantitative estimate of drug-likeness (QED) is 0.833. The third-order valence-electron chi connectivity index (χ3n) is 3.22. The maximum absolute atomic E-state index is 11.1. The van der Waals surface area contributed by atoms with Gasteiger partial charge in [0, 0.05) is 18.9 Å². The van der Waals surface area contributed by atoms with Gasteiger partial charge in [-0.1, -0.05) is 6.07 Å². The van der Waals surface area contributed by atoms with Crippen molar-refractivity contribution in [2.24, 2.45) is 0 Å². The first-order chi connectivity index (χ1) is 7.70. The highest BCUT2D eigenvalue weighted by Gasteiger charge is 2.22. The lowest BCUT2D eigenvalue weighted by Gasteiger charge is -2.22. The Balaban J connectivity index is 2.17. The van der Waals surface area contributed by atoms with Gasteiger partial charge in [-0.25, -0.2) is 0 Å². The van der Waals surface area contributed by atoms with Crippen molar-refractivity contribution in [3.8, 4) is 11.5 Å². The van der Waals surface area contributed by atoms with Crippen LogP contribution >= 0.6 is 0 Å². The van der Waals surface area contributed by atoms with Crippen molar-refractivity contribution in [3.05, 3.63) is 23.8 Å². The molecule has 0 heterocycles. The molecule has 86 valence electrons. The molecule has 16 heavy (non-hydrogen) atoms. The lowest BCUT2D eigenvalue weighted by atomic mass is 9.83. The van der Waals surface area contributed by atoms with Gasteiger partial charge in [-0.3, -0.25) is 4.79 Å². The molecule has 3 nitrogen and oxygen atoms in total. The molecule has 0 unspecified atom stereocenters. The number of phenols is 1. The second-order valence-electron chi connectivity index (χ2n) is 4.24. The lowest BCUT2D eigenvalue weighted by Crippen LogP contribution is -2.12. The van der Waals surface area contributed by atoms with E-state index < -0.39 is 0 Å². The van der Waals surface area contributed by atoms with Crippen LogP contribution in [0.5, 0.6) is 11.5 Å². The molecule has 0 aromatic heterocycles. The van der Waals surface area contributed by atoms with Crippen molar-refractivity contribution in [3.63, 3.8) is 0 Å². The summed E-state index contributed by atoms with van der Waals surface area (Å²) >= 11 is 0. The van der Waals surface area contributed by atoms with Crippen LogP contribution in [-0.4, -0.2) is 18.0 Å². The summed E-state index contributed by atoms with van der Waals surface area (Å²) in [6.45, 7) is 0. The van der Waals surface area contributed by atoms with Crippen LogP contribution in [-0.2, 0) is 4.79 Å². The Morgan fingerprint density at radius 2 is 2.00 bits per heavy atom. The summed E-state index contributed by atoms with van der Waals surface area (Å²) in [6, 6.07) is 5.38. The normalized spacial score (nSPS) is 17.4. The molecule has 1 aliphatic rings. The minimum Gasteiger partial charge on any atom is -0.508 e. The lowest BCUT2D eigenvalue weighted by molar-refractivity contribution is -0.120. The number of benzene rings is 1. The van der Waals surface area contributed by atoms with Gasteiger partial charge in [0.05, 0.1) is 7.11 Å². The summed E-state index contributed by atoms with van der Waals surface area (Å²) in [5, 5.41) is 9.88. The van der Waals surface area contributed by atoms with E-state index in [-0.39, 0.29) is 5.75 Å². The van der Waals surface area contributed by atoms with E-state index in [0.29, 0.717) is 30.3 Å². The van der Waals surface area contributed by atoms with Gasteiger partial charge in [0.25, 0.3) is 0 Å². The number of carbonyl (C=O) groups is 1. The van der Waals surface area contributed by atoms with E-state index in [1.807, 2.05) is 12.1 Å². The van der Waals surface area contributed by atoms with Crippen LogP contribution in [0.4, 0.5) is 0 Å². The SMILES string of the molecule is COc1ccc(C2CCC(=O)CC2)c(O)c1. The first kappa shape index (κ1) is 11.0. The topological polar surface area (TPSA) is 46.5 Å². The molecule has 3 heteroatoms. The monoisotopic (exact) mass is 220 g/mol. The molecule has 0 atom stereocenters. The summed E-state index contributed by atoms with van der Waals surface area (Å²) < 4.78 is 5.04. The van der Waals surface area contributed by atoms with Crippen molar-refractivity contribution in [1.82, 2.24) is 0 Å². The first-order valence-electron chi connectivity index (χ1n) is 5.59. The highest BCUT2D eigenvalue weighted by Crippen LogP contribution is 2.37. The van der Waals surface area contributed by atoms with Crippen molar-refractivity contribution >= 4 is 5.78 Å². The molecule has 2 rings (SSSR count). The fraction of sp³-hybridized carbons (Fsp3) is 0.462. The van der Waals surface area contributed by atoms with Gasteiger partial charge < -0.3 is 9.84 Å². The summed E-state index contributed by atoms with van der Waals surface area (Å²) in [6.07, 6.45) is 2.96. The van der Waals surface area contributed by atoms with Gasteiger partial charge >= 0.3 is 0 Å². The van der Waals surface area contributed by atoms with E-state index in [4.69, 9.17) is 4.74 Å². The standard InChI is InChI=1S/C13H16O3/c1-16-11-6-7-12(13(15)8-11)9-2-4-10(14)5-3-9/h6-9,15H,2-5H2,1H3. The molecule has 1 fully saturated rings. The summed E-state index contributed by atoms with van der Waals surface area (Å²) in [5.74, 6) is 1.58. The summed E-state index contributed by atoms with van der Waals surface area (Å²) in [5.41, 5.74) is 0.938. The number of Topliss-reactive ketones (excluding diaryl/α,β-unsaturated/α-hetero) is 1. The molecular formula is C13H16O3. The maximum Gasteiger partial charge on any atom is 0.132 e. The number of methoxy groups -OCH3 is 1. The van der Waals surface area contributed by atoms with Crippen molar-refractivity contribution < 1.29 is 14.6 Å². The second kappa shape index (κ2) is 4.56. The Kier molecular flexibility index (Phi) is 3.13. The third-order valence-corrected chi connectivity index (χ3v) is 3.22. The minimum absolute atomic E-state index is 0.277. The molecule has 1 aromatic carbocycles. The predicted molar refractivity (Wildman–Crippen MR) is 60.9 cm³/mol. The molecule has 0 saturated heterocycles.